The third-order valence-electron chi connectivity index (χ3n) is 6.48. The number of hydrogen-bond acceptors (Lipinski definition) is 5. The van der Waals surface area contributed by atoms with Gasteiger partial charge in [0.1, 0.15) is 11.6 Å². The second-order valence-electron chi connectivity index (χ2n) is 9.04. The Hall–Kier alpha value is -1.73. The second-order valence-corrected chi connectivity index (χ2v) is 9.04. The molecule has 2 aromatic heterocycles. The first-order valence-corrected chi connectivity index (χ1v) is 10.2. The lowest BCUT2D eigenvalue weighted by Gasteiger charge is -2.41. The van der Waals surface area contributed by atoms with E-state index in [1.807, 2.05) is 0 Å². The van der Waals surface area contributed by atoms with Crippen molar-refractivity contribution in [2.24, 2.45) is 7.05 Å². The predicted octanol–water partition coefficient (Wildman–Crippen LogP) is 1.92. The number of nitrogens with zero attached hydrogens (tertiary/aromatic N) is 7. The molecule has 0 aromatic carbocycles. The maximum Gasteiger partial charge on any atom is 0.147 e. The van der Waals surface area contributed by atoms with Crippen molar-refractivity contribution in [1.29, 1.82) is 0 Å². The third kappa shape index (κ3) is 3.31. The van der Waals surface area contributed by atoms with E-state index in [4.69, 9.17) is 0 Å². The Kier molecular flexibility index (Phi) is 4.63. The minimum Gasteiger partial charge on any atom is -0.313 e. The zero-order valence-electron chi connectivity index (χ0n) is 17.7. The summed E-state index contributed by atoms with van der Waals surface area (Å²) in [5, 5.41) is 13.7. The Morgan fingerprint density at radius 1 is 1.07 bits per heavy atom. The number of hydrogen-bond donors (Lipinski definition) is 0. The van der Waals surface area contributed by atoms with Gasteiger partial charge in [-0.05, 0) is 34.6 Å². The van der Waals surface area contributed by atoms with Gasteiger partial charge in [-0.1, -0.05) is 0 Å². The molecule has 0 radical (unpaired) electrons. The van der Waals surface area contributed by atoms with Crippen molar-refractivity contribution in [2.45, 2.75) is 78.7 Å². The molecular weight excluding hydrogens is 338 g/mol. The topological polar surface area (TPSA) is 55.0 Å². The molecule has 0 bridgehead atoms. The average molecular weight is 372 g/mol. The standard InChI is InChI=1S/C20H33N7/c1-14(2)25-9-10-27-18(21-22-19(27)13-25)11-20(4,5)26-8-7-17-16(12-26)15(3)23-24(17)6/h14H,7-13H2,1-6H3. The van der Waals surface area contributed by atoms with Crippen LogP contribution in [0.4, 0.5) is 0 Å². The maximum atomic E-state index is 4.62. The fraction of sp³-hybridized carbons (Fsp3) is 0.750. The van der Waals surface area contributed by atoms with Crippen LogP contribution in [0.5, 0.6) is 0 Å². The second kappa shape index (κ2) is 6.71. The molecule has 27 heavy (non-hydrogen) atoms. The van der Waals surface area contributed by atoms with Crippen molar-refractivity contribution in [1.82, 2.24) is 34.3 Å². The van der Waals surface area contributed by atoms with Crippen molar-refractivity contribution in [3.8, 4) is 0 Å². The number of rotatable bonds is 4. The van der Waals surface area contributed by atoms with Crippen molar-refractivity contribution < 1.29 is 0 Å². The van der Waals surface area contributed by atoms with Crippen LogP contribution in [0.15, 0.2) is 0 Å². The number of aromatic nitrogens is 5. The molecule has 7 heteroatoms. The highest BCUT2D eigenvalue weighted by Gasteiger charge is 2.34. The van der Waals surface area contributed by atoms with Crippen LogP contribution in [-0.2, 0) is 39.5 Å². The quantitative estimate of drug-likeness (QED) is 0.822. The molecule has 7 nitrogen and oxygen atoms in total. The normalized spacial score (nSPS) is 18.8. The van der Waals surface area contributed by atoms with Gasteiger partial charge in [-0.2, -0.15) is 5.10 Å². The van der Waals surface area contributed by atoms with Gasteiger partial charge in [0, 0.05) is 68.9 Å². The summed E-state index contributed by atoms with van der Waals surface area (Å²) in [6, 6.07) is 0.556. The highest BCUT2D eigenvalue weighted by atomic mass is 15.3. The first-order valence-electron chi connectivity index (χ1n) is 10.2. The molecule has 4 heterocycles. The van der Waals surface area contributed by atoms with Gasteiger partial charge in [0.15, 0.2) is 0 Å². The average Bonchev–Trinajstić information content (AvgIpc) is 3.15. The SMILES string of the molecule is Cc1nn(C)c2c1CN(C(C)(C)Cc1nnc3n1CCN(C(C)C)C3)CC2. The molecule has 0 saturated carbocycles. The Balaban J connectivity index is 1.51. The van der Waals surface area contributed by atoms with Gasteiger partial charge in [-0.25, -0.2) is 0 Å². The van der Waals surface area contributed by atoms with Crippen LogP contribution >= 0.6 is 0 Å². The minimum atomic E-state index is 0.0406. The Labute approximate surface area is 162 Å². The summed E-state index contributed by atoms with van der Waals surface area (Å²) >= 11 is 0. The van der Waals surface area contributed by atoms with E-state index in [-0.39, 0.29) is 5.54 Å². The fourth-order valence-corrected chi connectivity index (χ4v) is 4.60. The summed E-state index contributed by atoms with van der Waals surface area (Å²) in [5.41, 5.74) is 4.02. The first-order chi connectivity index (χ1) is 12.8. The number of fused-ring (bicyclic) bond motifs is 2. The molecule has 0 fully saturated rings. The summed E-state index contributed by atoms with van der Waals surface area (Å²) in [7, 11) is 2.07. The van der Waals surface area contributed by atoms with Gasteiger partial charge in [0.25, 0.3) is 0 Å². The van der Waals surface area contributed by atoms with Gasteiger partial charge in [-0.15, -0.1) is 10.2 Å². The van der Waals surface area contributed by atoms with Crippen molar-refractivity contribution in [3.05, 3.63) is 28.6 Å². The summed E-state index contributed by atoms with van der Waals surface area (Å²) in [4.78, 5) is 5.06. The van der Waals surface area contributed by atoms with E-state index in [9.17, 15) is 0 Å². The Morgan fingerprint density at radius 3 is 2.59 bits per heavy atom. The summed E-state index contributed by atoms with van der Waals surface area (Å²) in [6.07, 6.45) is 1.99. The zero-order chi connectivity index (χ0) is 19.3. The molecule has 0 unspecified atom stereocenters. The first kappa shape index (κ1) is 18.6. The van der Waals surface area contributed by atoms with Crippen molar-refractivity contribution in [3.63, 3.8) is 0 Å². The van der Waals surface area contributed by atoms with Gasteiger partial charge >= 0.3 is 0 Å². The lowest BCUT2D eigenvalue weighted by molar-refractivity contribution is 0.0989. The smallest absolute Gasteiger partial charge is 0.147 e. The minimum absolute atomic E-state index is 0.0406. The zero-order valence-corrected chi connectivity index (χ0v) is 17.7. The van der Waals surface area contributed by atoms with Gasteiger partial charge < -0.3 is 4.57 Å². The van der Waals surface area contributed by atoms with Crippen LogP contribution in [0.25, 0.3) is 0 Å². The largest absolute Gasteiger partial charge is 0.313 e. The van der Waals surface area contributed by atoms with E-state index in [1.165, 1.54) is 17.0 Å². The molecule has 2 aromatic rings. The molecule has 0 atom stereocenters. The molecule has 0 N–H and O–H groups in total. The van der Waals surface area contributed by atoms with E-state index in [0.29, 0.717) is 6.04 Å². The van der Waals surface area contributed by atoms with Gasteiger partial charge in [-0.3, -0.25) is 14.5 Å². The van der Waals surface area contributed by atoms with Crippen LogP contribution < -0.4 is 0 Å². The van der Waals surface area contributed by atoms with E-state index in [1.54, 1.807) is 0 Å². The Bertz CT molecular complexity index is 830. The molecule has 2 aliphatic rings. The molecule has 0 saturated heterocycles. The predicted molar refractivity (Wildman–Crippen MR) is 105 cm³/mol. The van der Waals surface area contributed by atoms with Crippen LogP contribution in [-0.4, -0.2) is 59.0 Å². The molecular formula is C20H33N7. The third-order valence-corrected chi connectivity index (χ3v) is 6.48. The van der Waals surface area contributed by atoms with Gasteiger partial charge in [0.05, 0.1) is 12.2 Å². The molecule has 4 rings (SSSR count). The summed E-state index contributed by atoms with van der Waals surface area (Å²) in [5.74, 6) is 2.25. The lowest BCUT2D eigenvalue weighted by atomic mass is 9.93. The summed E-state index contributed by atoms with van der Waals surface area (Å²) < 4.78 is 4.41. The highest BCUT2D eigenvalue weighted by Crippen LogP contribution is 2.29. The van der Waals surface area contributed by atoms with Crippen LogP contribution in [0.2, 0.25) is 0 Å². The van der Waals surface area contributed by atoms with E-state index >= 15 is 0 Å². The molecule has 2 aliphatic heterocycles. The van der Waals surface area contributed by atoms with E-state index in [2.05, 4.69) is 76.0 Å². The Morgan fingerprint density at radius 2 is 1.85 bits per heavy atom. The number of aryl methyl sites for hydroxylation is 2. The maximum absolute atomic E-state index is 4.62. The van der Waals surface area contributed by atoms with Crippen molar-refractivity contribution in [2.75, 3.05) is 13.1 Å². The van der Waals surface area contributed by atoms with Crippen LogP contribution in [0.3, 0.4) is 0 Å². The molecule has 0 aliphatic carbocycles. The monoisotopic (exact) mass is 371 g/mol. The fourth-order valence-electron chi connectivity index (χ4n) is 4.60. The molecule has 148 valence electrons. The van der Waals surface area contributed by atoms with Crippen LogP contribution in [0.1, 0.15) is 56.3 Å². The summed E-state index contributed by atoms with van der Waals surface area (Å²) in [6.45, 7) is 16.4. The van der Waals surface area contributed by atoms with Crippen LogP contribution in [0, 0.1) is 6.92 Å². The molecule has 0 spiro atoms. The lowest BCUT2D eigenvalue weighted by Crippen LogP contribution is -2.48. The molecule has 0 amide bonds. The van der Waals surface area contributed by atoms with Gasteiger partial charge in [0.2, 0.25) is 0 Å². The highest BCUT2D eigenvalue weighted by molar-refractivity contribution is 5.28. The van der Waals surface area contributed by atoms with E-state index < -0.39 is 0 Å². The van der Waals surface area contributed by atoms with E-state index in [0.717, 1.165) is 57.2 Å². The van der Waals surface area contributed by atoms with Crippen molar-refractivity contribution >= 4 is 0 Å².